The van der Waals surface area contributed by atoms with Crippen molar-refractivity contribution < 1.29 is 14.6 Å². The third-order valence-electron chi connectivity index (χ3n) is 3.48. The molecule has 0 aromatic heterocycles. The Morgan fingerprint density at radius 3 is 2.62 bits per heavy atom. The van der Waals surface area contributed by atoms with Gasteiger partial charge in [0.05, 0.1) is 12.6 Å². The second kappa shape index (κ2) is 9.06. The lowest BCUT2D eigenvalue weighted by Gasteiger charge is -2.23. The third kappa shape index (κ3) is 5.23. The number of carbonyl (C=O) groups excluding carboxylic acids is 1. The van der Waals surface area contributed by atoms with Crippen LogP contribution in [-0.4, -0.2) is 23.8 Å². The number of hydrogen-bond acceptors (Lipinski definition) is 4. The lowest BCUT2D eigenvalue weighted by atomic mass is 10.00. The Bertz CT molecular complexity index is 681. The number of rotatable bonds is 7. The molecule has 128 valence electrons. The molecular formula is C18H19BrClNO3. The normalized spacial score (nSPS) is 13.2. The minimum absolute atomic E-state index is 0.192. The molecule has 2 rings (SSSR count). The molecule has 0 spiro atoms. The molecule has 0 bridgehead atoms. The van der Waals surface area contributed by atoms with Gasteiger partial charge in [-0.05, 0) is 46.6 Å². The predicted octanol–water partition coefficient (Wildman–Crippen LogP) is 4.57. The van der Waals surface area contributed by atoms with E-state index in [-0.39, 0.29) is 19.1 Å². The van der Waals surface area contributed by atoms with Gasteiger partial charge in [0.15, 0.2) is 6.10 Å². The molecule has 0 aliphatic rings. The van der Waals surface area contributed by atoms with Crippen LogP contribution in [0.3, 0.4) is 0 Å². The molecule has 0 amide bonds. The Morgan fingerprint density at radius 1 is 1.29 bits per heavy atom. The van der Waals surface area contributed by atoms with E-state index in [0.29, 0.717) is 5.02 Å². The summed E-state index contributed by atoms with van der Waals surface area (Å²) in [5.74, 6) is -0.615. The Balaban J connectivity index is 2.21. The Hall–Kier alpha value is -1.56. The van der Waals surface area contributed by atoms with Crippen LogP contribution >= 0.6 is 27.5 Å². The second-order valence-electron chi connectivity index (χ2n) is 5.24. The summed E-state index contributed by atoms with van der Waals surface area (Å²) in [5, 5.41) is 14.1. The number of esters is 1. The van der Waals surface area contributed by atoms with Gasteiger partial charge in [-0.25, -0.2) is 4.79 Å². The second-order valence-corrected chi connectivity index (χ2v) is 6.53. The van der Waals surface area contributed by atoms with Gasteiger partial charge in [-0.2, -0.15) is 0 Å². The first-order valence-corrected chi connectivity index (χ1v) is 8.79. The van der Waals surface area contributed by atoms with E-state index >= 15 is 0 Å². The monoisotopic (exact) mass is 411 g/mol. The molecule has 0 heterocycles. The Labute approximate surface area is 154 Å². The number of anilines is 1. The van der Waals surface area contributed by atoms with Crippen molar-refractivity contribution in [2.45, 2.75) is 25.5 Å². The largest absolute Gasteiger partial charge is 0.464 e. The molecule has 0 aliphatic heterocycles. The van der Waals surface area contributed by atoms with Gasteiger partial charge in [-0.15, -0.1) is 0 Å². The maximum Gasteiger partial charge on any atom is 0.335 e. The van der Waals surface area contributed by atoms with E-state index in [4.69, 9.17) is 16.3 Å². The zero-order valence-electron chi connectivity index (χ0n) is 13.2. The Morgan fingerprint density at radius 2 is 2.00 bits per heavy atom. The summed E-state index contributed by atoms with van der Waals surface area (Å²) in [6.45, 7) is 1.95. The number of benzene rings is 2. The van der Waals surface area contributed by atoms with Crippen LogP contribution in [0, 0.1) is 0 Å². The highest BCUT2D eigenvalue weighted by atomic mass is 79.9. The summed E-state index contributed by atoms with van der Waals surface area (Å²) in [6, 6.07) is 14.8. The maximum absolute atomic E-state index is 11.7. The van der Waals surface area contributed by atoms with Gasteiger partial charge in [0.25, 0.3) is 0 Å². The summed E-state index contributed by atoms with van der Waals surface area (Å²) < 4.78 is 5.69. The van der Waals surface area contributed by atoms with Gasteiger partial charge >= 0.3 is 5.97 Å². The molecule has 2 N–H and O–H groups in total. The highest BCUT2D eigenvalue weighted by Gasteiger charge is 2.23. The summed E-state index contributed by atoms with van der Waals surface area (Å²) in [6.07, 6.45) is -1.01. The van der Waals surface area contributed by atoms with Crippen LogP contribution in [0.4, 0.5) is 5.69 Å². The molecule has 0 saturated heterocycles. The number of halogens is 2. The summed E-state index contributed by atoms with van der Waals surface area (Å²) in [4.78, 5) is 11.7. The van der Waals surface area contributed by atoms with Crippen molar-refractivity contribution in [3.05, 3.63) is 63.6 Å². The molecule has 2 atom stereocenters. The minimum Gasteiger partial charge on any atom is -0.464 e. The molecule has 0 radical (unpaired) electrons. The lowest BCUT2D eigenvalue weighted by Crippen LogP contribution is -2.27. The molecule has 2 aromatic rings. The number of aliphatic hydroxyl groups excluding tert-OH is 1. The zero-order valence-corrected chi connectivity index (χ0v) is 15.5. The molecule has 0 fully saturated rings. The number of ether oxygens (including phenoxy) is 1. The number of carbonyl (C=O) groups is 1. The average Bonchev–Trinajstić information content (AvgIpc) is 2.57. The fraction of sp³-hybridized carbons (Fsp3) is 0.278. The van der Waals surface area contributed by atoms with Crippen molar-refractivity contribution in [3.63, 3.8) is 0 Å². The van der Waals surface area contributed by atoms with Crippen LogP contribution in [0.25, 0.3) is 0 Å². The molecule has 24 heavy (non-hydrogen) atoms. The van der Waals surface area contributed by atoms with Gasteiger partial charge < -0.3 is 15.2 Å². The van der Waals surface area contributed by atoms with E-state index < -0.39 is 12.1 Å². The van der Waals surface area contributed by atoms with Crippen LogP contribution in [-0.2, 0) is 9.53 Å². The van der Waals surface area contributed by atoms with E-state index in [1.54, 1.807) is 19.1 Å². The van der Waals surface area contributed by atoms with Crippen molar-refractivity contribution >= 4 is 39.2 Å². The number of aliphatic hydroxyl groups is 1. The maximum atomic E-state index is 11.7. The van der Waals surface area contributed by atoms with E-state index in [0.717, 1.165) is 15.7 Å². The molecular weight excluding hydrogens is 394 g/mol. The third-order valence-corrected chi connectivity index (χ3v) is 4.37. The summed E-state index contributed by atoms with van der Waals surface area (Å²) >= 11 is 9.44. The first-order valence-electron chi connectivity index (χ1n) is 7.62. The molecule has 2 aromatic carbocycles. The van der Waals surface area contributed by atoms with Crippen molar-refractivity contribution in [1.29, 1.82) is 0 Å². The van der Waals surface area contributed by atoms with E-state index in [1.165, 1.54) is 0 Å². The topological polar surface area (TPSA) is 58.6 Å². The fourth-order valence-corrected chi connectivity index (χ4v) is 3.11. The van der Waals surface area contributed by atoms with E-state index in [9.17, 15) is 9.90 Å². The highest BCUT2D eigenvalue weighted by Crippen LogP contribution is 2.31. The van der Waals surface area contributed by atoms with Gasteiger partial charge in [-0.1, -0.05) is 41.9 Å². The lowest BCUT2D eigenvalue weighted by molar-refractivity contribution is -0.153. The summed E-state index contributed by atoms with van der Waals surface area (Å²) in [5.41, 5.74) is 1.78. The standard InChI is InChI=1S/C18H19BrClNO3/c1-2-24-18(23)17(22)11-16(12-6-4-3-5-7-12)21-15-9-8-13(20)10-14(15)19/h3-10,16-17,21-22H,2,11H2,1H3. The van der Waals surface area contributed by atoms with Crippen LogP contribution in [0.2, 0.25) is 5.02 Å². The first kappa shape index (κ1) is 18.8. The van der Waals surface area contributed by atoms with Crippen LogP contribution in [0.5, 0.6) is 0 Å². The van der Waals surface area contributed by atoms with E-state index in [1.807, 2.05) is 36.4 Å². The van der Waals surface area contributed by atoms with Crippen LogP contribution in [0.15, 0.2) is 53.0 Å². The number of hydrogen-bond donors (Lipinski definition) is 2. The molecule has 6 heteroatoms. The zero-order chi connectivity index (χ0) is 17.5. The van der Waals surface area contributed by atoms with Crippen molar-refractivity contribution in [3.8, 4) is 0 Å². The highest BCUT2D eigenvalue weighted by molar-refractivity contribution is 9.10. The van der Waals surface area contributed by atoms with Crippen molar-refractivity contribution in [2.75, 3.05) is 11.9 Å². The Kier molecular flexibility index (Phi) is 7.09. The van der Waals surface area contributed by atoms with E-state index in [2.05, 4.69) is 21.2 Å². The SMILES string of the molecule is CCOC(=O)C(O)CC(Nc1ccc(Cl)cc1Br)c1ccccc1. The number of nitrogens with one attached hydrogen (secondary N) is 1. The fourth-order valence-electron chi connectivity index (χ4n) is 2.32. The van der Waals surface area contributed by atoms with Gasteiger partial charge in [0, 0.05) is 21.6 Å². The molecule has 4 nitrogen and oxygen atoms in total. The van der Waals surface area contributed by atoms with Crippen LogP contribution < -0.4 is 5.32 Å². The first-order chi connectivity index (χ1) is 11.5. The van der Waals surface area contributed by atoms with Crippen molar-refractivity contribution in [1.82, 2.24) is 0 Å². The van der Waals surface area contributed by atoms with Gasteiger partial charge in [0.1, 0.15) is 0 Å². The molecule has 2 unspecified atom stereocenters. The van der Waals surface area contributed by atoms with Crippen molar-refractivity contribution in [2.24, 2.45) is 0 Å². The van der Waals surface area contributed by atoms with Gasteiger partial charge in [0.2, 0.25) is 0 Å². The summed E-state index contributed by atoms with van der Waals surface area (Å²) in [7, 11) is 0. The minimum atomic E-state index is -1.20. The average molecular weight is 413 g/mol. The smallest absolute Gasteiger partial charge is 0.335 e. The molecule has 0 saturated carbocycles. The quantitative estimate of drug-likeness (QED) is 0.654. The molecule has 0 aliphatic carbocycles. The van der Waals surface area contributed by atoms with Crippen LogP contribution in [0.1, 0.15) is 24.9 Å². The predicted molar refractivity (Wildman–Crippen MR) is 99.2 cm³/mol. The van der Waals surface area contributed by atoms with Gasteiger partial charge in [-0.3, -0.25) is 0 Å².